The molecule has 1 N–H and O–H groups in total. The Morgan fingerprint density at radius 3 is 2.45 bits per heavy atom. The molecule has 0 spiro atoms. The summed E-state index contributed by atoms with van der Waals surface area (Å²) < 4.78 is 5.32. The lowest BCUT2D eigenvalue weighted by atomic mass is 10.2. The third-order valence-corrected chi connectivity index (χ3v) is 4.79. The van der Waals surface area contributed by atoms with E-state index < -0.39 is 0 Å². The molecule has 1 aromatic carbocycles. The predicted octanol–water partition coefficient (Wildman–Crippen LogP) is 2.59. The fourth-order valence-electron chi connectivity index (χ4n) is 3.24. The number of carbonyl (C=O) groups is 1. The molecule has 3 aromatic rings. The molecule has 1 fully saturated rings. The standard InChI is InChI=1S/C21H22N6O2/c1-29-18-7-3-2-6-16(18)23-19-10-9-17(24-25-19)21(28)27-14-12-26(13-15-27)20-8-4-5-11-22-20/h2-11H,12-15H2,1H3,(H,23,25). The lowest BCUT2D eigenvalue weighted by Gasteiger charge is -2.35. The molecule has 1 aliphatic heterocycles. The summed E-state index contributed by atoms with van der Waals surface area (Å²) in [6.07, 6.45) is 1.78. The number of piperazine rings is 1. The van der Waals surface area contributed by atoms with Gasteiger partial charge in [-0.2, -0.15) is 0 Å². The Hall–Kier alpha value is -3.68. The number of hydrogen-bond acceptors (Lipinski definition) is 7. The van der Waals surface area contributed by atoms with Crippen molar-refractivity contribution in [3.05, 3.63) is 66.5 Å². The second-order valence-electron chi connectivity index (χ2n) is 6.60. The minimum atomic E-state index is -0.109. The second-order valence-corrected chi connectivity index (χ2v) is 6.60. The van der Waals surface area contributed by atoms with Gasteiger partial charge in [-0.3, -0.25) is 4.79 Å². The van der Waals surface area contributed by atoms with Crippen LogP contribution < -0.4 is 15.0 Å². The minimum Gasteiger partial charge on any atom is -0.495 e. The Labute approximate surface area is 169 Å². The molecule has 0 atom stereocenters. The van der Waals surface area contributed by atoms with Gasteiger partial charge < -0.3 is 19.9 Å². The van der Waals surface area contributed by atoms with Gasteiger partial charge in [0, 0.05) is 32.4 Å². The van der Waals surface area contributed by atoms with Crippen molar-refractivity contribution in [2.45, 2.75) is 0 Å². The average molecular weight is 390 g/mol. The van der Waals surface area contributed by atoms with Crippen molar-refractivity contribution in [1.82, 2.24) is 20.1 Å². The number of ether oxygens (including phenoxy) is 1. The molecule has 8 nitrogen and oxygen atoms in total. The van der Waals surface area contributed by atoms with Gasteiger partial charge in [0.2, 0.25) is 0 Å². The van der Waals surface area contributed by atoms with E-state index in [1.54, 1.807) is 30.3 Å². The van der Waals surface area contributed by atoms with E-state index >= 15 is 0 Å². The van der Waals surface area contributed by atoms with Crippen LogP contribution in [0.1, 0.15) is 10.5 Å². The number of nitrogens with zero attached hydrogens (tertiary/aromatic N) is 5. The number of pyridine rings is 1. The fourth-order valence-corrected chi connectivity index (χ4v) is 3.24. The van der Waals surface area contributed by atoms with E-state index in [0.29, 0.717) is 30.4 Å². The smallest absolute Gasteiger partial charge is 0.274 e. The van der Waals surface area contributed by atoms with Crippen LogP contribution in [-0.4, -0.2) is 59.3 Å². The van der Waals surface area contributed by atoms with Gasteiger partial charge in [-0.05, 0) is 36.4 Å². The van der Waals surface area contributed by atoms with E-state index in [0.717, 1.165) is 24.6 Å². The van der Waals surface area contributed by atoms with E-state index in [1.807, 2.05) is 42.5 Å². The van der Waals surface area contributed by atoms with Crippen LogP contribution in [0.4, 0.5) is 17.3 Å². The Kier molecular flexibility index (Phi) is 5.51. The summed E-state index contributed by atoms with van der Waals surface area (Å²) in [5.41, 5.74) is 1.12. The SMILES string of the molecule is COc1ccccc1Nc1ccc(C(=O)N2CCN(c3ccccn3)CC2)nn1. The molecule has 8 heteroatoms. The molecule has 148 valence electrons. The molecule has 0 bridgehead atoms. The summed E-state index contributed by atoms with van der Waals surface area (Å²) in [4.78, 5) is 21.1. The van der Waals surface area contributed by atoms with Gasteiger partial charge in [-0.25, -0.2) is 4.98 Å². The van der Waals surface area contributed by atoms with Crippen molar-refractivity contribution in [3.8, 4) is 5.75 Å². The first-order valence-electron chi connectivity index (χ1n) is 9.43. The predicted molar refractivity (Wildman–Crippen MR) is 111 cm³/mol. The van der Waals surface area contributed by atoms with Crippen LogP contribution in [0.5, 0.6) is 5.75 Å². The van der Waals surface area contributed by atoms with Gasteiger partial charge in [0.1, 0.15) is 11.6 Å². The summed E-state index contributed by atoms with van der Waals surface area (Å²) in [5, 5.41) is 11.4. The van der Waals surface area contributed by atoms with Crippen LogP contribution in [0.15, 0.2) is 60.8 Å². The molecule has 0 radical (unpaired) electrons. The number of methoxy groups -OCH3 is 1. The summed E-state index contributed by atoms with van der Waals surface area (Å²) in [5.74, 6) is 2.08. The van der Waals surface area contributed by atoms with E-state index in [9.17, 15) is 4.79 Å². The summed E-state index contributed by atoms with van der Waals surface area (Å²) in [6, 6.07) is 16.8. The number of nitrogens with one attached hydrogen (secondary N) is 1. The summed E-state index contributed by atoms with van der Waals surface area (Å²) >= 11 is 0. The van der Waals surface area contributed by atoms with Crippen LogP contribution in [-0.2, 0) is 0 Å². The number of para-hydroxylation sites is 2. The summed E-state index contributed by atoms with van der Waals surface area (Å²) in [6.45, 7) is 2.73. The zero-order chi connectivity index (χ0) is 20.1. The third kappa shape index (κ3) is 4.26. The highest BCUT2D eigenvalue weighted by Crippen LogP contribution is 2.26. The van der Waals surface area contributed by atoms with E-state index in [-0.39, 0.29) is 5.91 Å². The molecule has 3 heterocycles. The first-order valence-corrected chi connectivity index (χ1v) is 9.43. The molecule has 1 amide bonds. The number of aromatic nitrogens is 3. The molecule has 0 saturated carbocycles. The highest BCUT2D eigenvalue weighted by Gasteiger charge is 2.23. The molecular weight excluding hydrogens is 368 g/mol. The minimum absolute atomic E-state index is 0.109. The van der Waals surface area contributed by atoms with Crippen molar-refractivity contribution in [3.63, 3.8) is 0 Å². The first kappa shape index (κ1) is 18.7. The fraction of sp³-hybridized carbons (Fsp3) is 0.238. The van der Waals surface area contributed by atoms with E-state index in [2.05, 4.69) is 25.4 Å². The molecule has 1 aliphatic rings. The van der Waals surface area contributed by atoms with Gasteiger partial charge in [0.25, 0.3) is 5.91 Å². The molecule has 0 unspecified atom stereocenters. The maximum Gasteiger partial charge on any atom is 0.274 e. The molecule has 4 rings (SSSR count). The number of amides is 1. The lowest BCUT2D eigenvalue weighted by molar-refractivity contribution is 0.0739. The van der Waals surface area contributed by atoms with Crippen LogP contribution >= 0.6 is 0 Å². The highest BCUT2D eigenvalue weighted by molar-refractivity contribution is 5.92. The Morgan fingerprint density at radius 2 is 1.76 bits per heavy atom. The maximum absolute atomic E-state index is 12.8. The number of rotatable bonds is 5. The first-order chi connectivity index (χ1) is 14.2. The second kappa shape index (κ2) is 8.55. The number of anilines is 3. The van der Waals surface area contributed by atoms with Crippen LogP contribution in [0.25, 0.3) is 0 Å². The van der Waals surface area contributed by atoms with Crippen molar-refractivity contribution in [2.24, 2.45) is 0 Å². The largest absolute Gasteiger partial charge is 0.495 e. The zero-order valence-electron chi connectivity index (χ0n) is 16.2. The monoisotopic (exact) mass is 390 g/mol. The third-order valence-electron chi connectivity index (χ3n) is 4.79. The Balaban J connectivity index is 1.37. The van der Waals surface area contributed by atoms with Crippen LogP contribution in [0, 0.1) is 0 Å². The van der Waals surface area contributed by atoms with Crippen molar-refractivity contribution < 1.29 is 9.53 Å². The number of benzene rings is 1. The van der Waals surface area contributed by atoms with Crippen molar-refractivity contribution in [2.75, 3.05) is 43.5 Å². The van der Waals surface area contributed by atoms with Gasteiger partial charge >= 0.3 is 0 Å². The van der Waals surface area contributed by atoms with Gasteiger partial charge in [0.15, 0.2) is 11.5 Å². The topological polar surface area (TPSA) is 83.5 Å². The van der Waals surface area contributed by atoms with E-state index in [1.165, 1.54) is 0 Å². The Bertz CT molecular complexity index is 956. The molecule has 29 heavy (non-hydrogen) atoms. The Morgan fingerprint density at radius 1 is 0.966 bits per heavy atom. The molecule has 1 saturated heterocycles. The van der Waals surface area contributed by atoms with Crippen molar-refractivity contribution in [1.29, 1.82) is 0 Å². The molecule has 0 aliphatic carbocycles. The normalized spacial score (nSPS) is 13.8. The maximum atomic E-state index is 12.8. The van der Waals surface area contributed by atoms with Crippen LogP contribution in [0.2, 0.25) is 0 Å². The van der Waals surface area contributed by atoms with E-state index in [4.69, 9.17) is 4.74 Å². The number of carbonyl (C=O) groups excluding carboxylic acids is 1. The lowest BCUT2D eigenvalue weighted by Crippen LogP contribution is -2.49. The zero-order valence-corrected chi connectivity index (χ0v) is 16.2. The number of hydrogen-bond donors (Lipinski definition) is 1. The quantitative estimate of drug-likeness (QED) is 0.717. The van der Waals surface area contributed by atoms with Crippen LogP contribution in [0.3, 0.4) is 0 Å². The van der Waals surface area contributed by atoms with Gasteiger partial charge in [0.05, 0.1) is 12.8 Å². The highest BCUT2D eigenvalue weighted by atomic mass is 16.5. The van der Waals surface area contributed by atoms with Gasteiger partial charge in [-0.15, -0.1) is 10.2 Å². The van der Waals surface area contributed by atoms with Crippen molar-refractivity contribution >= 4 is 23.2 Å². The van der Waals surface area contributed by atoms with Gasteiger partial charge in [-0.1, -0.05) is 18.2 Å². The molecular formula is C21H22N6O2. The molecule has 2 aromatic heterocycles. The summed E-state index contributed by atoms with van der Waals surface area (Å²) in [7, 11) is 1.61. The average Bonchev–Trinajstić information content (AvgIpc) is 2.80.